The van der Waals surface area contributed by atoms with Gasteiger partial charge in [-0.15, -0.1) is 0 Å². The largest absolute Gasteiger partial charge is 0.487 e. The molecule has 6 rings (SSSR count). The second-order valence-corrected chi connectivity index (χ2v) is 14.5. The van der Waals surface area contributed by atoms with Crippen LogP contribution in [0, 0.1) is 0 Å². The zero-order valence-electron chi connectivity index (χ0n) is 23.2. The number of aryl methyl sites for hydroxylation is 1. The van der Waals surface area contributed by atoms with Crippen LogP contribution < -0.4 is 10.1 Å². The van der Waals surface area contributed by atoms with Gasteiger partial charge in [-0.05, 0) is 56.9 Å². The van der Waals surface area contributed by atoms with Crippen molar-refractivity contribution in [2.75, 3.05) is 0 Å². The molecule has 2 unspecified atom stereocenters. The molecule has 1 aromatic heterocycles. The number of aromatic carboxylic acids is 1. The highest BCUT2D eigenvalue weighted by atomic mass is 32.2. The lowest BCUT2D eigenvalue weighted by atomic mass is 9.91. The van der Waals surface area contributed by atoms with Crippen molar-refractivity contribution in [1.29, 1.82) is 0 Å². The van der Waals surface area contributed by atoms with Gasteiger partial charge in [-0.25, -0.2) is 13.2 Å². The molecule has 2 aliphatic rings. The topological polar surface area (TPSA) is 97.6 Å². The first-order valence-electron chi connectivity index (χ1n) is 13.7. The van der Waals surface area contributed by atoms with Gasteiger partial charge in [-0.2, -0.15) is 0 Å². The van der Waals surface area contributed by atoms with Gasteiger partial charge in [-0.1, -0.05) is 48.5 Å². The van der Waals surface area contributed by atoms with Gasteiger partial charge < -0.3 is 19.7 Å². The summed E-state index contributed by atoms with van der Waals surface area (Å²) in [6.07, 6.45) is 2.76. The van der Waals surface area contributed by atoms with Crippen LogP contribution in [0.5, 0.6) is 5.75 Å². The van der Waals surface area contributed by atoms with Crippen LogP contribution in [0.2, 0.25) is 0 Å². The third-order valence-electron chi connectivity index (χ3n) is 8.34. The average Bonchev–Trinajstić information content (AvgIpc) is 3.44. The molecule has 2 atom stereocenters. The quantitative estimate of drug-likeness (QED) is 0.299. The molecule has 40 heavy (non-hydrogen) atoms. The van der Waals surface area contributed by atoms with Gasteiger partial charge in [0.1, 0.15) is 12.4 Å². The molecule has 7 nitrogen and oxygen atoms in total. The van der Waals surface area contributed by atoms with Gasteiger partial charge in [0.05, 0.1) is 20.7 Å². The van der Waals surface area contributed by atoms with E-state index in [1.165, 1.54) is 0 Å². The Kier molecular flexibility index (Phi) is 6.31. The van der Waals surface area contributed by atoms with Crippen LogP contribution >= 0.6 is 0 Å². The smallest absolute Gasteiger partial charge is 0.337 e. The van der Waals surface area contributed by atoms with Crippen LogP contribution in [0.1, 0.15) is 66.8 Å². The van der Waals surface area contributed by atoms with Crippen LogP contribution in [-0.4, -0.2) is 34.8 Å². The second-order valence-electron chi connectivity index (χ2n) is 11.8. The minimum Gasteiger partial charge on any atom is -0.487 e. The number of carbonyl (C=O) groups is 1. The lowest BCUT2D eigenvalue weighted by Crippen LogP contribution is -2.32. The van der Waals surface area contributed by atoms with Gasteiger partial charge in [0, 0.05) is 47.8 Å². The van der Waals surface area contributed by atoms with Crippen molar-refractivity contribution in [1.82, 2.24) is 9.88 Å². The Balaban J connectivity index is 1.68. The molecule has 2 aliphatic heterocycles. The lowest BCUT2D eigenvalue weighted by Gasteiger charge is -2.24. The predicted octanol–water partition coefficient (Wildman–Crippen LogP) is 6.04. The molecule has 1 saturated heterocycles. The lowest BCUT2D eigenvalue weighted by molar-refractivity contribution is 0.0699. The summed E-state index contributed by atoms with van der Waals surface area (Å²) in [5, 5.41) is 15.0. The van der Waals surface area contributed by atoms with Crippen LogP contribution in [0.3, 0.4) is 0 Å². The maximum absolute atomic E-state index is 13.7. The standard InChI is InChI=1S/C32H34N2O5S/c1-32(2,3)40(37,38)26-13-9-8-12-21(26)22-17-25(39-18-19-10-6-5-7-11-19)30-29(27(22)31(35)36)28-23-15-14-20(33-23)16-24(28)34(30)4/h5-13,17,20,23,33H,14-16,18H2,1-4H3,(H,35,36). The van der Waals surface area contributed by atoms with E-state index < -0.39 is 20.6 Å². The fourth-order valence-corrected chi connectivity index (χ4v) is 7.68. The number of ether oxygens (including phenoxy) is 1. The zero-order chi connectivity index (χ0) is 28.4. The Morgan fingerprint density at radius 3 is 2.45 bits per heavy atom. The molecule has 3 heterocycles. The summed E-state index contributed by atoms with van der Waals surface area (Å²) in [5.74, 6) is -0.555. The van der Waals surface area contributed by atoms with Crippen LogP contribution in [0.25, 0.3) is 22.0 Å². The summed E-state index contributed by atoms with van der Waals surface area (Å²) < 4.78 is 34.9. The molecule has 4 aromatic rings. The minimum absolute atomic E-state index is 0.0429. The van der Waals surface area contributed by atoms with Crippen molar-refractivity contribution in [3.05, 3.63) is 83.0 Å². The number of carboxylic acid groups (broad SMARTS) is 1. The number of benzene rings is 3. The normalized spacial score (nSPS) is 18.6. The van der Waals surface area contributed by atoms with E-state index in [4.69, 9.17) is 4.74 Å². The maximum atomic E-state index is 13.7. The molecular weight excluding hydrogens is 524 g/mol. The number of hydrogen-bond acceptors (Lipinski definition) is 5. The fraction of sp³-hybridized carbons (Fsp3) is 0.344. The number of rotatable bonds is 6. The summed E-state index contributed by atoms with van der Waals surface area (Å²) in [6.45, 7) is 5.27. The highest BCUT2D eigenvalue weighted by molar-refractivity contribution is 7.92. The van der Waals surface area contributed by atoms with E-state index in [2.05, 4.69) is 9.88 Å². The Hall–Kier alpha value is -3.62. The molecule has 0 amide bonds. The monoisotopic (exact) mass is 558 g/mol. The van der Waals surface area contributed by atoms with E-state index in [0.717, 1.165) is 41.6 Å². The minimum atomic E-state index is -3.79. The number of carboxylic acids is 1. The van der Waals surface area contributed by atoms with Crippen molar-refractivity contribution >= 4 is 26.7 Å². The molecule has 0 aliphatic carbocycles. The molecular formula is C32H34N2O5S. The first-order chi connectivity index (χ1) is 19.0. The third-order valence-corrected chi connectivity index (χ3v) is 10.9. The zero-order valence-corrected chi connectivity index (χ0v) is 24.0. The highest BCUT2D eigenvalue weighted by Gasteiger charge is 2.40. The maximum Gasteiger partial charge on any atom is 0.337 e. The van der Waals surface area contributed by atoms with Gasteiger partial charge in [0.2, 0.25) is 0 Å². The van der Waals surface area contributed by atoms with Gasteiger partial charge in [0.15, 0.2) is 9.84 Å². The van der Waals surface area contributed by atoms with Crippen molar-refractivity contribution in [3.63, 3.8) is 0 Å². The summed E-state index contributed by atoms with van der Waals surface area (Å²) in [5.41, 5.74) is 4.64. The van der Waals surface area contributed by atoms with E-state index in [1.807, 2.05) is 37.4 Å². The molecule has 0 spiro atoms. The number of nitrogens with one attached hydrogen (secondary N) is 1. The Bertz CT molecular complexity index is 1750. The SMILES string of the molecule is Cn1c2c(c3c(C(=O)O)c(-c4ccccc4S(=O)(=O)C(C)(C)C)cc(OCc4ccccc4)c31)C1CCC(C2)N1. The number of fused-ring (bicyclic) bond motifs is 6. The predicted molar refractivity (Wildman–Crippen MR) is 156 cm³/mol. The summed E-state index contributed by atoms with van der Waals surface area (Å²) in [4.78, 5) is 13.3. The van der Waals surface area contributed by atoms with Gasteiger partial charge in [-0.3, -0.25) is 0 Å². The molecule has 2 bridgehead atoms. The third kappa shape index (κ3) is 4.12. The summed E-state index contributed by atoms with van der Waals surface area (Å²) in [7, 11) is -1.81. The first kappa shape index (κ1) is 26.6. The fourth-order valence-electron chi connectivity index (χ4n) is 6.30. The van der Waals surface area contributed by atoms with Crippen molar-refractivity contribution in [2.24, 2.45) is 7.05 Å². The van der Waals surface area contributed by atoms with Gasteiger partial charge >= 0.3 is 5.97 Å². The average molecular weight is 559 g/mol. The summed E-state index contributed by atoms with van der Waals surface area (Å²) >= 11 is 0. The van der Waals surface area contributed by atoms with E-state index in [0.29, 0.717) is 34.9 Å². The molecule has 0 radical (unpaired) electrons. The van der Waals surface area contributed by atoms with Crippen LogP contribution in [-0.2, 0) is 29.9 Å². The van der Waals surface area contributed by atoms with Crippen molar-refractivity contribution in [3.8, 4) is 16.9 Å². The molecule has 2 N–H and O–H groups in total. The van der Waals surface area contributed by atoms with E-state index >= 15 is 0 Å². The second kappa shape index (κ2) is 9.49. The Morgan fingerprint density at radius 2 is 1.75 bits per heavy atom. The van der Waals surface area contributed by atoms with E-state index in [1.54, 1.807) is 51.1 Å². The van der Waals surface area contributed by atoms with Crippen molar-refractivity contribution < 1.29 is 23.1 Å². The van der Waals surface area contributed by atoms with E-state index in [-0.39, 0.29) is 16.5 Å². The van der Waals surface area contributed by atoms with Crippen LogP contribution in [0.15, 0.2) is 65.6 Å². The van der Waals surface area contributed by atoms with Gasteiger partial charge in [0.25, 0.3) is 0 Å². The van der Waals surface area contributed by atoms with E-state index in [9.17, 15) is 18.3 Å². The Morgan fingerprint density at radius 1 is 1.05 bits per heavy atom. The molecule has 8 heteroatoms. The highest BCUT2D eigenvalue weighted by Crippen LogP contribution is 2.48. The number of aromatic nitrogens is 1. The van der Waals surface area contributed by atoms with Crippen LogP contribution in [0.4, 0.5) is 0 Å². The summed E-state index contributed by atoms with van der Waals surface area (Å²) in [6, 6.07) is 18.6. The molecule has 208 valence electrons. The molecule has 3 aromatic carbocycles. The number of sulfone groups is 1. The Labute approximate surface area is 234 Å². The number of hydrogen-bond donors (Lipinski definition) is 2. The van der Waals surface area contributed by atoms with Crippen molar-refractivity contribution in [2.45, 2.75) is 68.4 Å². The number of nitrogens with zero attached hydrogens (tertiary/aromatic N) is 1. The molecule has 1 fully saturated rings. The molecule has 0 saturated carbocycles. The first-order valence-corrected chi connectivity index (χ1v) is 15.2.